The van der Waals surface area contributed by atoms with Crippen LogP contribution >= 0.6 is 0 Å². The Balaban J connectivity index is 1.48. The maximum atomic E-state index is 5.93. The van der Waals surface area contributed by atoms with Gasteiger partial charge in [-0.05, 0) is 38.2 Å². The van der Waals surface area contributed by atoms with Crippen LogP contribution in [0.3, 0.4) is 0 Å². The van der Waals surface area contributed by atoms with Gasteiger partial charge in [0.2, 0.25) is 5.88 Å². The first kappa shape index (κ1) is 19.0. The summed E-state index contributed by atoms with van der Waals surface area (Å²) in [4.78, 5) is 8.73. The Kier molecular flexibility index (Phi) is 6.35. The monoisotopic (exact) mass is 360 g/mol. The molecule has 2 atom stereocenters. The lowest BCUT2D eigenvalue weighted by molar-refractivity contribution is -0.168. The van der Waals surface area contributed by atoms with Gasteiger partial charge >= 0.3 is 0 Å². The summed E-state index contributed by atoms with van der Waals surface area (Å²) in [5, 5.41) is 7.01. The van der Waals surface area contributed by atoms with E-state index >= 15 is 0 Å². The third kappa shape index (κ3) is 3.95. The Hall–Kier alpha value is -1.82. The van der Waals surface area contributed by atoms with E-state index in [1.54, 1.807) is 0 Å². The number of hydrogen-bond donors (Lipinski definition) is 2. The Labute approximate surface area is 156 Å². The van der Waals surface area contributed by atoms with Gasteiger partial charge in [0.1, 0.15) is 0 Å². The van der Waals surface area contributed by atoms with Crippen molar-refractivity contribution in [1.29, 1.82) is 0 Å². The number of guanidine groups is 1. The van der Waals surface area contributed by atoms with Gasteiger partial charge in [0, 0.05) is 43.9 Å². The minimum absolute atomic E-state index is 0.327. The molecule has 1 aromatic heterocycles. The first-order valence-electron chi connectivity index (χ1n) is 9.88. The first-order valence-corrected chi connectivity index (χ1v) is 9.88. The van der Waals surface area contributed by atoms with E-state index in [0.717, 1.165) is 31.0 Å². The molecule has 2 aliphatic carbocycles. The number of rotatable bonds is 8. The maximum absolute atomic E-state index is 5.93. The topological polar surface area (TPSA) is 67.8 Å². The van der Waals surface area contributed by atoms with Crippen molar-refractivity contribution in [2.24, 2.45) is 10.4 Å². The lowest BCUT2D eigenvalue weighted by atomic mass is 9.51. The van der Waals surface area contributed by atoms with Gasteiger partial charge in [0.15, 0.2) is 5.96 Å². The molecule has 1 spiro atoms. The van der Waals surface area contributed by atoms with Crippen molar-refractivity contribution >= 4 is 5.96 Å². The van der Waals surface area contributed by atoms with Gasteiger partial charge in [-0.1, -0.05) is 19.4 Å². The largest absolute Gasteiger partial charge is 0.478 e. The summed E-state index contributed by atoms with van der Waals surface area (Å²) in [7, 11) is 1.82. The third-order valence-corrected chi connectivity index (χ3v) is 5.68. The highest BCUT2D eigenvalue weighted by atomic mass is 16.5. The Morgan fingerprint density at radius 2 is 2.19 bits per heavy atom. The van der Waals surface area contributed by atoms with Crippen molar-refractivity contribution in [3.05, 3.63) is 23.9 Å². The van der Waals surface area contributed by atoms with E-state index in [1.807, 2.05) is 25.4 Å². The first-order chi connectivity index (χ1) is 12.7. The fourth-order valence-electron chi connectivity index (χ4n) is 3.99. The fraction of sp³-hybridized carbons (Fsp3) is 0.700. The molecule has 2 fully saturated rings. The van der Waals surface area contributed by atoms with Crippen molar-refractivity contribution in [2.45, 2.75) is 64.6 Å². The fourth-order valence-corrected chi connectivity index (χ4v) is 3.99. The summed E-state index contributed by atoms with van der Waals surface area (Å²) in [5.74, 6) is 1.53. The van der Waals surface area contributed by atoms with Crippen molar-refractivity contribution in [1.82, 2.24) is 15.6 Å². The van der Waals surface area contributed by atoms with Crippen LogP contribution in [0.5, 0.6) is 5.88 Å². The highest BCUT2D eigenvalue weighted by Gasteiger charge is 2.59. The van der Waals surface area contributed by atoms with Crippen LogP contribution in [-0.2, 0) is 11.3 Å². The molecule has 2 unspecified atom stereocenters. The maximum Gasteiger partial charge on any atom is 0.213 e. The Bertz CT molecular complexity index is 598. The van der Waals surface area contributed by atoms with Crippen LogP contribution in [0.25, 0.3) is 0 Å². The second-order valence-electron chi connectivity index (χ2n) is 7.24. The number of ether oxygens (including phenoxy) is 2. The van der Waals surface area contributed by atoms with Crippen LogP contribution in [0.4, 0.5) is 0 Å². The van der Waals surface area contributed by atoms with Gasteiger partial charge in [-0.25, -0.2) is 4.98 Å². The molecule has 2 N–H and O–H groups in total. The van der Waals surface area contributed by atoms with E-state index in [9.17, 15) is 0 Å². The van der Waals surface area contributed by atoms with Gasteiger partial charge in [-0.3, -0.25) is 4.99 Å². The van der Waals surface area contributed by atoms with E-state index in [4.69, 9.17) is 9.47 Å². The zero-order chi connectivity index (χ0) is 18.4. The van der Waals surface area contributed by atoms with E-state index in [-0.39, 0.29) is 0 Å². The molecular weight excluding hydrogens is 328 g/mol. The minimum Gasteiger partial charge on any atom is -0.478 e. The summed E-state index contributed by atoms with van der Waals surface area (Å²) >= 11 is 0. The number of pyridine rings is 1. The Morgan fingerprint density at radius 3 is 2.77 bits per heavy atom. The van der Waals surface area contributed by atoms with Crippen LogP contribution in [0.2, 0.25) is 0 Å². The van der Waals surface area contributed by atoms with E-state index in [0.29, 0.717) is 36.6 Å². The lowest BCUT2D eigenvalue weighted by Crippen LogP contribution is -2.68. The Morgan fingerprint density at radius 1 is 1.35 bits per heavy atom. The van der Waals surface area contributed by atoms with Gasteiger partial charge in [-0.2, -0.15) is 0 Å². The van der Waals surface area contributed by atoms with Crippen LogP contribution in [0.15, 0.2) is 23.3 Å². The van der Waals surface area contributed by atoms with Gasteiger partial charge < -0.3 is 20.1 Å². The molecule has 0 amide bonds. The number of nitrogens with one attached hydrogen (secondary N) is 2. The molecule has 144 valence electrons. The van der Waals surface area contributed by atoms with Crippen molar-refractivity contribution < 1.29 is 9.47 Å². The molecule has 0 aliphatic heterocycles. The number of aromatic nitrogens is 1. The third-order valence-electron chi connectivity index (χ3n) is 5.68. The molecule has 1 heterocycles. The molecule has 0 aromatic carbocycles. The van der Waals surface area contributed by atoms with Gasteiger partial charge in [0.25, 0.3) is 0 Å². The molecule has 26 heavy (non-hydrogen) atoms. The molecular formula is C20H32N4O2. The molecule has 0 bridgehead atoms. The molecule has 6 heteroatoms. The van der Waals surface area contributed by atoms with Crippen LogP contribution in [0.1, 0.15) is 51.5 Å². The highest BCUT2D eigenvalue weighted by molar-refractivity contribution is 5.80. The van der Waals surface area contributed by atoms with E-state index in [2.05, 4.69) is 34.5 Å². The second-order valence-corrected chi connectivity index (χ2v) is 7.24. The number of aliphatic imine (C=N–C) groups is 1. The highest BCUT2D eigenvalue weighted by Crippen LogP contribution is 2.57. The standard InChI is InChI=1S/C20H32N4O2/c1-4-11-26-18-8-7-15(13-22-18)14-23-19(21-3)24-16-12-17(25-5-2)20(16)9-6-10-20/h7-8,13,16-17H,4-6,9-12,14H2,1-3H3,(H2,21,23,24). The smallest absolute Gasteiger partial charge is 0.213 e. The summed E-state index contributed by atoms with van der Waals surface area (Å²) in [6.45, 7) is 6.36. The van der Waals surface area contributed by atoms with E-state index in [1.165, 1.54) is 19.3 Å². The second kappa shape index (κ2) is 8.71. The summed E-state index contributed by atoms with van der Waals surface area (Å²) in [5.41, 5.74) is 1.43. The lowest BCUT2D eigenvalue weighted by Gasteiger charge is -2.61. The average molecular weight is 361 g/mol. The number of hydrogen-bond acceptors (Lipinski definition) is 4. The van der Waals surface area contributed by atoms with Crippen LogP contribution in [-0.4, -0.2) is 43.4 Å². The van der Waals surface area contributed by atoms with Crippen LogP contribution < -0.4 is 15.4 Å². The van der Waals surface area contributed by atoms with Crippen molar-refractivity contribution in [2.75, 3.05) is 20.3 Å². The predicted octanol–water partition coefficient (Wildman–Crippen LogP) is 2.88. The summed E-state index contributed by atoms with van der Waals surface area (Å²) in [6.07, 6.45) is 8.15. The van der Waals surface area contributed by atoms with Crippen LogP contribution in [0, 0.1) is 5.41 Å². The zero-order valence-corrected chi connectivity index (χ0v) is 16.3. The zero-order valence-electron chi connectivity index (χ0n) is 16.3. The molecule has 2 aliphatic rings. The summed E-state index contributed by atoms with van der Waals surface area (Å²) < 4.78 is 11.5. The quantitative estimate of drug-likeness (QED) is 0.551. The predicted molar refractivity (Wildman–Crippen MR) is 103 cm³/mol. The van der Waals surface area contributed by atoms with E-state index < -0.39 is 0 Å². The number of nitrogens with zero attached hydrogens (tertiary/aromatic N) is 2. The molecule has 3 rings (SSSR count). The molecule has 2 saturated carbocycles. The van der Waals surface area contributed by atoms with Gasteiger partial charge in [-0.15, -0.1) is 0 Å². The normalized spacial score (nSPS) is 23.9. The SMILES string of the molecule is CCCOc1ccc(CNC(=NC)NC2CC(OCC)C23CCC3)cn1. The van der Waals surface area contributed by atoms with Gasteiger partial charge in [0.05, 0.1) is 12.7 Å². The van der Waals surface area contributed by atoms with Crippen molar-refractivity contribution in [3.8, 4) is 5.88 Å². The molecule has 0 saturated heterocycles. The minimum atomic E-state index is 0.327. The molecule has 6 nitrogen and oxygen atoms in total. The molecule has 1 aromatic rings. The molecule has 0 radical (unpaired) electrons. The summed E-state index contributed by atoms with van der Waals surface area (Å²) in [6, 6.07) is 4.42. The van der Waals surface area contributed by atoms with Crippen molar-refractivity contribution in [3.63, 3.8) is 0 Å². The average Bonchev–Trinajstić information content (AvgIpc) is 2.61.